The number of hydrogen-bond acceptors (Lipinski definition) is 3. The predicted octanol–water partition coefficient (Wildman–Crippen LogP) is 3.59. The minimum atomic E-state index is -0.395. The Morgan fingerprint density at radius 1 is 1.16 bits per heavy atom. The van der Waals surface area contributed by atoms with Crippen molar-refractivity contribution in [2.45, 2.75) is 25.4 Å². The van der Waals surface area contributed by atoms with Crippen molar-refractivity contribution in [1.29, 1.82) is 0 Å². The second-order valence-electron chi connectivity index (χ2n) is 5.74. The molecule has 0 aliphatic carbocycles. The maximum Gasteiger partial charge on any atom is 0.193 e. The van der Waals surface area contributed by atoms with Crippen LogP contribution in [0.15, 0.2) is 59.6 Å². The number of anilines is 1. The van der Waals surface area contributed by atoms with Crippen molar-refractivity contribution in [1.82, 2.24) is 0 Å². The first-order valence-electron chi connectivity index (χ1n) is 8.03. The smallest absolute Gasteiger partial charge is 0.193 e. The van der Waals surface area contributed by atoms with E-state index in [1.807, 2.05) is 54.6 Å². The number of benzene rings is 2. The maximum absolute atomic E-state index is 9.74. The van der Waals surface area contributed by atoms with Gasteiger partial charge in [0.2, 0.25) is 0 Å². The molecular weight excluding hydrogens is 429 g/mol. The van der Waals surface area contributed by atoms with Crippen molar-refractivity contribution in [2.24, 2.45) is 10.7 Å². The predicted molar refractivity (Wildman–Crippen MR) is 114 cm³/mol. The molecule has 0 heterocycles. The van der Waals surface area contributed by atoms with E-state index >= 15 is 0 Å². The molecule has 2 unspecified atom stereocenters. The highest BCUT2D eigenvalue weighted by Crippen LogP contribution is 2.24. The van der Waals surface area contributed by atoms with Gasteiger partial charge in [-0.05, 0) is 31.0 Å². The largest absolute Gasteiger partial charge is 0.495 e. The molecule has 4 N–H and O–H groups in total. The van der Waals surface area contributed by atoms with Crippen molar-refractivity contribution in [3.05, 3.63) is 60.2 Å². The van der Waals surface area contributed by atoms with Gasteiger partial charge in [-0.2, -0.15) is 0 Å². The Labute approximate surface area is 166 Å². The number of methoxy groups -OCH3 is 1. The average Bonchev–Trinajstić information content (AvgIpc) is 2.59. The van der Waals surface area contributed by atoms with Crippen LogP contribution in [-0.2, 0) is 0 Å². The lowest BCUT2D eigenvalue weighted by atomic mass is 9.93. The zero-order chi connectivity index (χ0) is 17.4. The Morgan fingerprint density at radius 3 is 2.44 bits per heavy atom. The summed E-state index contributed by atoms with van der Waals surface area (Å²) in [5.41, 5.74) is 7.92. The van der Waals surface area contributed by atoms with E-state index in [0.717, 1.165) is 11.3 Å². The Morgan fingerprint density at radius 2 is 1.80 bits per heavy atom. The van der Waals surface area contributed by atoms with Crippen LogP contribution in [-0.4, -0.2) is 30.8 Å². The summed E-state index contributed by atoms with van der Waals surface area (Å²) in [6, 6.07) is 17.6. The second-order valence-corrected chi connectivity index (χ2v) is 5.74. The summed E-state index contributed by atoms with van der Waals surface area (Å²) < 4.78 is 5.29. The van der Waals surface area contributed by atoms with Crippen molar-refractivity contribution < 1.29 is 9.84 Å². The molecular formula is C19H26IN3O2. The molecule has 2 aromatic carbocycles. The van der Waals surface area contributed by atoms with E-state index < -0.39 is 6.10 Å². The van der Waals surface area contributed by atoms with Crippen LogP contribution in [0.3, 0.4) is 0 Å². The molecule has 6 heteroatoms. The molecule has 136 valence electrons. The second kappa shape index (κ2) is 10.9. The first-order valence-corrected chi connectivity index (χ1v) is 8.03. The molecule has 0 fully saturated rings. The highest BCUT2D eigenvalue weighted by Gasteiger charge is 2.14. The molecule has 0 spiro atoms. The van der Waals surface area contributed by atoms with Gasteiger partial charge in [0, 0.05) is 12.5 Å². The van der Waals surface area contributed by atoms with Gasteiger partial charge in [-0.1, -0.05) is 42.5 Å². The van der Waals surface area contributed by atoms with Gasteiger partial charge in [0.25, 0.3) is 0 Å². The fourth-order valence-corrected chi connectivity index (χ4v) is 2.59. The van der Waals surface area contributed by atoms with Crippen molar-refractivity contribution in [3.63, 3.8) is 0 Å². The molecule has 0 amide bonds. The molecule has 2 atom stereocenters. The summed E-state index contributed by atoms with van der Waals surface area (Å²) >= 11 is 0. The van der Waals surface area contributed by atoms with E-state index in [0.29, 0.717) is 24.7 Å². The summed E-state index contributed by atoms with van der Waals surface area (Å²) in [6.07, 6.45) is 0.240. The molecule has 0 saturated heterocycles. The van der Waals surface area contributed by atoms with Crippen LogP contribution in [0.5, 0.6) is 5.75 Å². The van der Waals surface area contributed by atoms with Crippen LogP contribution in [0, 0.1) is 0 Å². The number of para-hydroxylation sites is 2. The number of ether oxygens (including phenoxy) is 1. The zero-order valence-electron chi connectivity index (χ0n) is 14.6. The number of hydrogen-bond donors (Lipinski definition) is 3. The number of aliphatic imine (C=N–C) groups is 1. The quantitative estimate of drug-likeness (QED) is 0.339. The third-order valence-electron chi connectivity index (χ3n) is 3.75. The molecule has 0 radical (unpaired) electrons. The maximum atomic E-state index is 9.74. The Kier molecular flexibility index (Phi) is 9.30. The number of nitrogens with zero attached hydrogens (tertiary/aromatic N) is 1. The van der Waals surface area contributed by atoms with Gasteiger partial charge in [0.05, 0.1) is 18.9 Å². The van der Waals surface area contributed by atoms with E-state index in [9.17, 15) is 5.11 Å². The van der Waals surface area contributed by atoms with Gasteiger partial charge in [-0.25, -0.2) is 0 Å². The van der Waals surface area contributed by atoms with Crippen LogP contribution < -0.4 is 15.8 Å². The van der Waals surface area contributed by atoms with E-state index in [1.54, 1.807) is 14.0 Å². The minimum Gasteiger partial charge on any atom is -0.495 e. The first kappa shape index (κ1) is 21.2. The number of halogens is 1. The zero-order valence-corrected chi connectivity index (χ0v) is 16.9. The fourth-order valence-electron chi connectivity index (χ4n) is 2.59. The highest BCUT2D eigenvalue weighted by molar-refractivity contribution is 14.0. The topological polar surface area (TPSA) is 79.9 Å². The number of aliphatic hydroxyl groups is 1. The lowest BCUT2D eigenvalue weighted by molar-refractivity contribution is 0.175. The van der Waals surface area contributed by atoms with Gasteiger partial charge < -0.3 is 20.9 Å². The number of nitrogens with one attached hydrogen (secondary N) is 1. The summed E-state index contributed by atoms with van der Waals surface area (Å²) in [7, 11) is 1.61. The van der Waals surface area contributed by atoms with E-state index in [4.69, 9.17) is 10.5 Å². The van der Waals surface area contributed by atoms with Crippen molar-refractivity contribution in [3.8, 4) is 5.75 Å². The monoisotopic (exact) mass is 455 g/mol. The number of nitrogens with two attached hydrogens (primary N) is 1. The van der Waals surface area contributed by atoms with Crippen molar-refractivity contribution in [2.75, 3.05) is 19.0 Å². The van der Waals surface area contributed by atoms with Crippen LogP contribution in [0.4, 0.5) is 5.69 Å². The van der Waals surface area contributed by atoms with Gasteiger partial charge in [0.1, 0.15) is 5.75 Å². The molecule has 0 aromatic heterocycles. The Bertz CT molecular complexity index is 663. The normalized spacial score (nSPS) is 13.5. The third kappa shape index (κ3) is 6.91. The number of guanidine groups is 1. The molecule has 0 aliphatic rings. The lowest BCUT2D eigenvalue weighted by Gasteiger charge is -2.17. The van der Waals surface area contributed by atoms with Crippen LogP contribution in [0.2, 0.25) is 0 Å². The number of aliphatic hydroxyl groups excluding tert-OH is 1. The van der Waals surface area contributed by atoms with Crippen LogP contribution in [0.1, 0.15) is 24.8 Å². The molecule has 2 rings (SSSR count). The SMILES string of the molecule is COc1ccccc1NC(N)=NCC(CC(C)O)c1ccccc1.I. The first-order chi connectivity index (χ1) is 11.6. The lowest BCUT2D eigenvalue weighted by Crippen LogP contribution is -2.24. The van der Waals surface area contributed by atoms with Gasteiger partial charge in [-0.15, -0.1) is 24.0 Å². The molecule has 2 aromatic rings. The molecule has 0 bridgehead atoms. The van der Waals surface area contributed by atoms with E-state index in [-0.39, 0.29) is 29.9 Å². The molecule has 0 aliphatic heterocycles. The highest BCUT2D eigenvalue weighted by atomic mass is 127. The summed E-state index contributed by atoms with van der Waals surface area (Å²) in [6.45, 7) is 2.29. The van der Waals surface area contributed by atoms with Crippen molar-refractivity contribution >= 4 is 35.6 Å². The van der Waals surface area contributed by atoms with Crippen LogP contribution in [0.25, 0.3) is 0 Å². The molecule has 25 heavy (non-hydrogen) atoms. The fraction of sp³-hybridized carbons (Fsp3) is 0.316. The Hall–Kier alpha value is -1.80. The standard InChI is InChI=1S/C19H25N3O2.HI/c1-14(23)12-16(15-8-4-3-5-9-15)13-21-19(20)22-17-10-6-7-11-18(17)24-2;/h3-11,14,16,23H,12-13H2,1-2H3,(H3,20,21,22);1H. The molecule has 5 nitrogen and oxygen atoms in total. The molecule has 0 saturated carbocycles. The van der Waals surface area contributed by atoms with Gasteiger partial charge in [0.15, 0.2) is 5.96 Å². The van der Waals surface area contributed by atoms with E-state index in [2.05, 4.69) is 10.3 Å². The van der Waals surface area contributed by atoms with Crippen LogP contribution >= 0.6 is 24.0 Å². The third-order valence-corrected chi connectivity index (χ3v) is 3.75. The minimum absolute atomic E-state index is 0. The summed E-state index contributed by atoms with van der Waals surface area (Å²) in [5.74, 6) is 1.15. The number of rotatable bonds is 7. The Balaban J connectivity index is 0.00000312. The van der Waals surface area contributed by atoms with Gasteiger partial charge in [-0.3, -0.25) is 4.99 Å². The average molecular weight is 455 g/mol. The summed E-state index contributed by atoms with van der Waals surface area (Å²) in [5, 5.41) is 12.8. The summed E-state index contributed by atoms with van der Waals surface area (Å²) in [4.78, 5) is 4.44. The van der Waals surface area contributed by atoms with E-state index in [1.165, 1.54) is 0 Å². The van der Waals surface area contributed by atoms with Gasteiger partial charge >= 0.3 is 0 Å².